The van der Waals surface area contributed by atoms with Gasteiger partial charge in [-0.3, -0.25) is 4.79 Å². The second kappa shape index (κ2) is 7.06. The van der Waals surface area contributed by atoms with Crippen LogP contribution in [0.15, 0.2) is 49.5 Å². The van der Waals surface area contributed by atoms with E-state index in [2.05, 4.69) is 20.6 Å². The Kier molecular flexibility index (Phi) is 4.46. The van der Waals surface area contributed by atoms with Gasteiger partial charge in [0.15, 0.2) is 10.8 Å². The maximum Gasteiger partial charge on any atom is 0.437 e. The zero-order chi connectivity index (χ0) is 17.9. The first-order chi connectivity index (χ1) is 12.7. The second-order valence-electron chi connectivity index (χ2n) is 5.06. The Labute approximate surface area is 153 Å². The minimum atomic E-state index is -0.600. The molecule has 132 valence electrons. The summed E-state index contributed by atoms with van der Waals surface area (Å²) in [6.07, 6.45) is 1.58. The molecule has 0 spiro atoms. The first-order valence-electron chi connectivity index (χ1n) is 7.48. The third-order valence-electron chi connectivity index (χ3n) is 3.29. The highest BCUT2D eigenvalue weighted by molar-refractivity contribution is 7.18. The van der Waals surface area contributed by atoms with Crippen molar-refractivity contribution in [3.05, 3.63) is 46.5 Å². The van der Waals surface area contributed by atoms with Crippen LogP contribution < -0.4 is 11.1 Å². The van der Waals surface area contributed by atoms with Gasteiger partial charge in [0.1, 0.15) is 0 Å². The summed E-state index contributed by atoms with van der Waals surface area (Å²) in [5.74, 6) is -0.0761. The molecular weight excluding hydrogens is 378 g/mol. The Hall–Kier alpha value is -3.05. The van der Waals surface area contributed by atoms with Crippen molar-refractivity contribution in [3.63, 3.8) is 0 Å². The molecule has 0 atom stereocenters. The normalized spacial score (nSPS) is 10.9. The second-order valence-corrected chi connectivity index (χ2v) is 6.99. The molecule has 4 aromatic heterocycles. The SMILES string of the molecule is O=C(CCn1nc(-c2cccs2)oc1=O)Nc1nnc(-c2ccco2)s1. The number of aromatic nitrogens is 4. The number of hydrogen-bond acceptors (Lipinski definition) is 9. The molecule has 4 rings (SSSR count). The summed E-state index contributed by atoms with van der Waals surface area (Å²) < 4.78 is 11.5. The summed E-state index contributed by atoms with van der Waals surface area (Å²) in [7, 11) is 0. The number of thiophene rings is 1. The number of nitrogens with zero attached hydrogens (tertiary/aromatic N) is 4. The average molecular weight is 389 g/mol. The molecule has 0 saturated heterocycles. The van der Waals surface area contributed by atoms with E-state index >= 15 is 0 Å². The van der Waals surface area contributed by atoms with Crippen LogP contribution >= 0.6 is 22.7 Å². The minimum Gasteiger partial charge on any atom is -0.462 e. The lowest BCUT2D eigenvalue weighted by atomic mass is 10.4. The predicted molar refractivity (Wildman–Crippen MR) is 94.9 cm³/mol. The van der Waals surface area contributed by atoms with Gasteiger partial charge >= 0.3 is 5.76 Å². The Bertz CT molecular complexity index is 1060. The molecule has 0 aliphatic carbocycles. The van der Waals surface area contributed by atoms with E-state index in [1.54, 1.807) is 18.2 Å². The molecule has 9 nitrogen and oxygen atoms in total. The smallest absolute Gasteiger partial charge is 0.437 e. The van der Waals surface area contributed by atoms with Gasteiger partial charge in [-0.25, -0.2) is 4.79 Å². The van der Waals surface area contributed by atoms with Crippen molar-refractivity contribution in [1.82, 2.24) is 20.0 Å². The number of anilines is 1. The van der Waals surface area contributed by atoms with Crippen molar-refractivity contribution in [2.45, 2.75) is 13.0 Å². The Morgan fingerprint density at radius 2 is 2.19 bits per heavy atom. The topological polar surface area (TPSA) is 116 Å². The van der Waals surface area contributed by atoms with E-state index in [1.165, 1.54) is 28.9 Å². The minimum absolute atomic E-state index is 0.0476. The Morgan fingerprint density at radius 3 is 2.96 bits per heavy atom. The van der Waals surface area contributed by atoms with Crippen molar-refractivity contribution in [2.75, 3.05) is 5.32 Å². The lowest BCUT2D eigenvalue weighted by Crippen LogP contribution is -2.20. The van der Waals surface area contributed by atoms with Gasteiger partial charge in [0, 0.05) is 6.42 Å². The number of hydrogen-bond donors (Lipinski definition) is 1. The van der Waals surface area contributed by atoms with Crippen LogP contribution in [0.25, 0.3) is 21.5 Å². The van der Waals surface area contributed by atoms with Crippen molar-refractivity contribution < 1.29 is 13.6 Å². The first-order valence-corrected chi connectivity index (χ1v) is 9.18. The van der Waals surface area contributed by atoms with Crippen LogP contribution in [0.2, 0.25) is 0 Å². The van der Waals surface area contributed by atoms with Crippen LogP contribution in [-0.4, -0.2) is 25.9 Å². The van der Waals surface area contributed by atoms with Crippen LogP contribution in [0.4, 0.5) is 5.13 Å². The van der Waals surface area contributed by atoms with Crippen molar-refractivity contribution in [3.8, 4) is 21.5 Å². The zero-order valence-electron chi connectivity index (χ0n) is 13.1. The highest BCUT2D eigenvalue weighted by Gasteiger charge is 2.14. The lowest BCUT2D eigenvalue weighted by molar-refractivity contribution is -0.116. The summed E-state index contributed by atoms with van der Waals surface area (Å²) in [4.78, 5) is 24.6. The molecule has 0 saturated carbocycles. The van der Waals surface area contributed by atoms with Crippen LogP contribution in [0.3, 0.4) is 0 Å². The fraction of sp³-hybridized carbons (Fsp3) is 0.133. The van der Waals surface area contributed by atoms with E-state index in [1.807, 2.05) is 11.4 Å². The maximum absolute atomic E-state index is 12.1. The van der Waals surface area contributed by atoms with E-state index in [9.17, 15) is 9.59 Å². The van der Waals surface area contributed by atoms with Crippen LogP contribution in [0.5, 0.6) is 0 Å². The number of rotatable bonds is 6. The van der Waals surface area contributed by atoms with Gasteiger partial charge in [0.25, 0.3) is 5.89 Å². The van der Waals surface area contributed by atoms with Crippen LogP contribution in [-0.2, 0) is 11.3 Å². The number of furan rings is 1. The molecule has 0 aromatic carbocycles. The van der Waals surface area contributed by atoms with Gasteiger partial charge in [-0.2, -0.15) is 4.68 Å². The van der Waals surface area contributed by atoms with E-state index in [0.29, 0.717) is 15.9 Å². The summed E-state index contributed by atoms with van der Waals surface area (Å²) in [6, 6.07) is 7.15. The molecular formula is C15H11N5O4S2. The van der Waals surface area contributed by atoms with Gasteiger partial charge in [0.05, 0.1) is 17.7 Å². The number of carbonyl (C=O) groups excluding carboxylic acids is 1. The fourth-order valence-corrected chi connectivity index (χ4v) is 3.48. The molecule has 0 radical (unpaired) electrons. The molecule has 11 heteroatoms. The predicted octanol–water partition coefficient (Wildman–Crippen LogP) is 2.71. The summed E-state index contributed by atoms with van der Waals surface area (Å²) in [5, 5.41) is 17.4. The van der Waals surface area contributed by atoms with Gasteiger partial charge in [0.2, 0.25) is 11.0 Å². The standard InChI is InChI=1S/C15H11N5O4S2/c21-11(16-14-18-17-13(26-14)9-3-1-7-23-9)5-6-20-15(22)24-12(19-20)10-4-2-8-25-10/h1-4,7-8H,5-6H2,(H,16,18,21). The van der Waals surface area contributed by atoms with E-state index < -0.39 is 5.76 Å². The monoisotopic (exact) mass is 389 g/mol. The van der Waals surface area contributed by atoms with Crippen LogP contribution in [0, 0.1) is 0 Å². The quantitative estimate of drug-likeness (QED) is 0.539. The summed E-state index contributed by atoms with van der Waals surface area (Å²) in [6.45, 7) is 0.101. The fourth-order valence-electron chi connectivity index (χ4n) is 2.11. The molecule has 0 aliphatic heterocycles. The van der Waals surface area contributed by atoms with E-state index in [-0.39, 0.29) is 24.8 Å². The third-order valence-corrected chi connectivity index (χ3v) is 5.00. The molecule has 26 heavy (non-hydrogen) atoms. The van der Waals surface area contributed by atoms with Crippen molar-refractivity contribution in [1.29, 1.82) is 0 Å². The van der Waals surface area contributed by atoms with Gasteiger partial charge in [-0.1, -0.05) is 17.4 Å². The van der Waals surface area contributed by atoms with Crippen LogP contribution in [0.1, 0.15) is 6.42 Å². The summed E-state index contributed by atoms with van der Waals surface area (Å²) >= 11 is 2.61. The molecule has 0 bridgehead atoms. The van der Waals surface area contributed by atoms with Gasteiger partial charge in [-0.05, 0) is 23.6 Å². The Balaban J connectivity index is 1.37. The van der Waals surface area contributed by atoms with E-state index in [0.717, 1.165) is 9.56 Å². The Morgan fingerprint density at radius 1 is 1.27 bits per heavy atom. The largest absolute Gasteiger partial charge is 0.462 e. The van der Waals surface area contributed by atoms with Gasteiger partial charge < -0.3 is 14.2 Å². The highest BCUT2D eigenvalue weighted by atomic mass is 32.1. The van der Waals surface area contributed by atoms with Crippen molar-refractivity contribution >= 4 is 33.7 Å². The molecule has 4 aromatic rings. The molecule has 1 N–H and O–H groups in total. The lowest BCUT2D eigenvalue weighted by Gasteiger charge is -1.99. The average Bonchev–Trinajstić information content (AvgIpc) is 3.40. The number of carbonyl (C=O) groups is 1. The molecule has 0 fully saturated rings. The molecule has 4 heterocycles. The molecule has 0 aliphatic rings. The molecule has 0 unspecified atom stereocenters. The summed E-state index contributed by atoms with van der Waals surface area (Å²) in [5.41, 5.74) is 0. The van der Waals surface area contributed by atoms with Gasteiger partial charge in [-0.15, -0.1) is 26.6 Å². The molecule has 1 amide bonds. The number of aryl methyl sites for hydroxylation is 1. The number of amides is 1. The number of nitrogens with one attached hydrogen (secondary N) is 1. The van der Waals surface area contributed by atoms with E-state index in [4.69, 9.17) is 8.83 Å². The highest BCUT2D eigenvalue weighted by Crippen LogP contribution is 2.26. The maximum atomic E-state index is 12.1. The first kappa shape index (κ1) is 16.4. The van der Waals surface area contributed by atoms with Crippen molar-refractivity contribution in [2.24, 2.45) is 0 Å². The third kappa shape index (κ3) is 3.48. The zero-order valence-corrected chi connectivity index (χ0v) is 14.7.